The van der Waals surface area contributed by atoms with Crippen LogP contribution in [-0.4, -0.2) is 24.5 Å². The second-order valence-corrected chi connectivity index (χ2v) is 5.82. The lowest BCUT2D eigenvalue weighted by Gasteiger charge is -2.12. The van der Waals surface area contributed by atoms with Gasteiger partial charge in [-0.3, -0.25) is 4.79 Å². The molecule has 1 aromatic carbocycles. The van der Waals surface area contributed by atoms with Gasteiger partial charge in [-0.1, -0.05) is 25.1 Å². The molecule has 0 bridgehead atoms. The molecule has 0 spiro atoms. The summed E-state index contributed by atoms with van der Waals surface area (Å²) in [7, 11) is 1.81. The largest absolute Gasteiger partial charge is 0.373 e. The molecule has 1 fully saturated rings. The van der Waals surface area contributed by atoms with Crippen molar-refractivity contribution in [1.29, 1.82) is 0 Å². The first-order chi connectivity index (χ1) is 9.61. The van der Waals surface area contributed by atoms with Gasteiger partial charge in [0.1, 0.15) is 5.82 Å². The Morgan fingerprint density at radius 2 is 2.10 bits per heavy atom. The van der Waals surface area contributed by atoms with Gasteiger partial charge in [0.15, 0.2) is 0 Å². The molecule has 4 heteroatoms. The van der Waals surface area contributed by atoms with Gasteiger partial charge in [-0.15, -0.1) is 0 Å². The first-order valence-electron chi connectivity index (χ1n) is 6.97. The number of fused-ring (bicyclic) bond motifs is 1. The van der Waals surface area contributed by atoms with Crippen LogP contribution >= 0.6 is 0 Å². The Morgan fingerprint density at radius 3 is 2.80 bits per heavy atom. The van der Waals surface area contributed by atoms with Gasteiger partial charge < -0.3 is 10.6 Å². The maximum atomic E-state index is 12.4. The fraction of sp³-hybridized carbons (Fsp3) is 0.375. The predicted molar refractivity (Wildman–Crippen MR) is 81.0 cm³/mol. The van der Waals surface area contributed by atoms with E-state index in [0.717, 1.165) is 17.4 Å². The Hall–Kier alpha value is -2.10. The van der Waals surface area contributed by atoms with Crippen molar-refractivity contribution < 1.29 is 4.79 Å². The topological polar surface area (TPSA) is 54.0 Å². The second kappa shape index (κ2) is 4.78. The summed E-state index contributed by atoms with van der Waals surface area (Å²) in [5.41, 5.74) is 1.83. The van der Waals surface area contributed by atoms with Crippen LogP contribution in [0, 0.1) is 5.41 Å². The van der Waals surface area contributed by atoms with E-state index in [1.54, 1.807) is 0 Å². The molecule has 1 heterocycles. The molecule has 2 N–H and O–H groups in total. The number of nitrogens with one attached hydrogen (secondary N) is 2. The monoisotopic (exact) mass is 269 g/mol. The third kappa shape index (κ3) is 2.46. The maximum absolute atomic E-state index is 12.4. The van der Waals surface area contributed by atoms with Crippen LogP contribution in [0.15, 0.2) is 30.3 Å². The minimum atomic E-state index is -0.0202. The number of nitrogens with zero attached hydrogens (tertiary/aromatic N) is 1. The minimum Gasteiger partial charge on any atom is -0.373 e. The van der Waals surface area contributed by atoms with Crippen molar-refractivity contribution in [3.05, 3.63) is 35.9 Å². The lowest BCUT2D eigenvalue weighted by atomic mass is 10.1. The van der Waals surface area contributed by atoms with Crippen molar-refractivity contribution in [1.82, 2.24) is 10.3 Å². The highest BCUT2D eigenvalue weighted by Gasteiger charge is 2.37. The van der Waals surface area contributed by atoms with Crippen LogP contribution in [-0.2, 0) is 0 Å². The number of hydrogen-bond acceptors (Lipinski definition) is 3. The van der Waals surface area contributed by atoms with E-state index < -0.39 is 0 Å². The Morgan fingerprint density at radius 1 is 1.35 bits per heavy atom. The van der Waals surface area contributed by atoms with Crippen LogP contribution in [0.4, 0.5) is 5.82 Å². The fourth-order valence-electron chi connectivity index (χ4n) is 2.27. The number of aromatic nitrogens is 1. The molecule has 0 unspecified atom stereocenters. The zero-order valence-electron chi connectivity index (χ0n) is 11.9. The molecule has 2 aromatic rings. The maximum Gasteiger partial charge on any atom is 0.252 e. The van der Waals surface area contributed by atoms with E-state index in [2.05, 4.69) is 22.5 Å². The summed E-state index contributed by atoms with van der Waals surface area (Å²) in [6.07, 6.45) is 2.40. The molecule has 1 aromatic heterocycles. The van der Waals surface area contributed by atoms with E-state index in [4.69, 9.17) is 0 Å². The third-order valence-corrected chi connectivity index (χ3v) is 4.00. The average molecular weight is 269 g/mol. The van der Waals surface area contributed by atoms with Gasteiger partial charge in [0, 0.05) is 19.0 Å². The molecular formula is C16H19N3O. The van der Waals surface area contributed by atoms with Crippen LogP contribution in [0.2, 0.25) is 0 Å². The summed E-state index contributed by atoms with van der Waals surface area (Å²) in [5, 5.41) is 6.95. The summed E-state index contributed by atoms with van der Waals surface area (Å²) in [6, 6.07) is 9.54. The van der Waals surface area contributed by atoms with E-state index >= 15 is 0 Å². The van der Waals surface area contributed by atoms with Crippen molar-refractivity contribution in [2.24, 2.45) is 5.41 Å². The fourth-order valence-corrected chi connectivity index (χ4v) is 2.27. The van der Waals surface area contributed by atoms with Gasteiger partial charge in [-0.25, -0.2) is 4.98 Å². The number of carbonyl (C=O) groups excluding carboxylic acids is 1. The number of para-hydroxylation sites is 1. The highest BCUT2D eigenvalue weighted by molar-refractivity contribution is 6.07. The average Bonchev–Trinajstić information content (AvgIpc) is 3.22. The molecule has 0 atom stereocenters. The number of hydrogen-bond donors (Lipinski definition) is 2. The van der Waals surface area contributed by atoms with Crippen molar-refractivity contribution in [3.8, 4) is 0 Å². The SMILES string of the molecule is CNc1cc(C(=O)NCC2(C)CC2)c2ccccc2n1. The lowest BCUT2D eigenvalue weighted by Crippen LogP contribution is -2.29. The van der Waals surface area contributed by atoms with E-state index in [1.165, 1.54) is 12.8 Å². The summed E-state index contributed by atoms with van der Waals surface area (Å²) in [5.74, 6) is 0.694. The predicted octanol–water partition coefficient (Wildman–Crippen LogP) is 2.81. The van der Waals surface area contributed by atoms with Crippen molar-refractivity contribution in [3.63, 3.8) is 0 Å². The molecule has 1 amide bonds. The smallest absolute Gasteiger partial charge is 0.252 e. The van der Waals surface area contributed by atoms with Gasteiger partial charge in [0.05, 0.1) is 11.1 Å². The number of rotatable bonds is 4. The van der Waals surface area contributed by atoms with Crippen LogP contribution in [0.5, 0.6) is 0 Å². The van der Waals surface area contributed by atoms with Gasteiger partial charge in [0.25, 0.3) is 5.91 Å². The standard InChI is InChI=1S/C16H19N3O/c1-16(7-8-16)10-18-15(20)12-9-14(17-2)19-13-6-4-3-5-11(12)13/h3-6,9H,7-8,10H2,1-2H3,(H,17,19)(H,18,20). The lowest BCUT2D eigenvalue weighted by molar-refractivity contribution is 0.0948. The van der Waals surface area contributed by atoms with Gasteiger partial charge in [-0.2, -0.15) is 0 Å². The Labute approximate surface area is 118 Å². The zero-order chi connectivity index (χ0) is 14.2. The third-order valence-electron chi connectivity index (χ3n) is 4.00. The van der Waals surface area contributed by atoms with E-state index in [-0.39, 0.29) is 5.91 Å². The molecule has 104 valence electrons. The first kappa shape index (κ1) is 12.9. The van der Waals surface area contributed by atoms with E-state index in [1.807, 2.05) is 37.4 Å². The Bertz CT molecular complexity index is 662. The molecule has 4 nitrogen and oxygen atoms in total. The highest BCUT2D eigenvalue weighted by Crippen LogP contribution is 2.44. The summed E-state index contributed by atoms with van der Waals surface area (Å²) < 4.78 is 0. The Kier molecular flexibility index (Phi) is 3.08. The molecule has 20 heavy (non-hydrogen) atoms. The van der Waals surface area contributed by atoms with Crippen LogP contribution in [0.1, 0.15) is 30.1 Å². The van der Waals surface area contributed by atoms with Gasteiger partial charge in [0.2, 0.25) is 0 Å². The number of amides is 1. The zero-order valence-corrected chi connectivity index (χ0v) is 11.9. The van der Waals surface area contributed by atoms with Crippen molar-refractivity contribution >= 4 is 22.6 Å². The summed E-state index contributed by atoms with van der Waals surface area (Å²) >= 11 is 0. The van der Waals surface area contributed by atoms with Crippen molar-refractivity contribution in [2.45, 2.75) is 19.8 Å². The molecule has 3 rings (SSSR count). The van der Waals surface area contributed by atoms with Crippen LogP contribution < -0.4 is 10.6 Å². The summed E-state index contributed by atoms with van der Waals surface area (Å²) in [4.78, 5) is 16.9. The number of carbonyl (C=O) groups is 1. The molecule has 1 aliphatic rings. The molecule has 0 saturated heterocycles. The number of anilines is 1. The number of pyridine rings is 1. The Balaban J connectivity index is 1.93. The van der Waals surface area contributed by atoms with E-state index in [0.29, 0.717) is 16.8 Å². The van der Waals surface area contributed by atoms with Crippen molar-refractivity contribution in [2.75, 3.05) is 18.9 Å². The summed E-state index contributed by atoms with van der Waals surface area (Å²) in [6.45, 7) is 2.95. The quantitative estimate of drug-likeness (QED) is 0.897. The normalized spacial score (nSPS) is 15.9. The molecule has 1 aliphatic carbocycles. The second-order valence-electron chi connectivity index (χ2n) is 5.82. The van der Waals surface area contributed by atoms with Gasteiger partial charge >= 0.3 is 0 Å². The number of benzene rings is 1. The first-order valence-corrected chi connectivity index (χ1v) is 6.97. The highest BCUT2D eigenvalue weighted by atomic mass is 16.1. The van der Waals surface area contributed by atoms with Gasteiger partial charge in [-0.05, 0) is 30.4 Å². The van der Waals surface area contributed by atoms with Crippen LogP contribution in [0.25, 0.3) is 10.9 Å². The molecule has 0 aliphatic heterocycles. The molecule has 0 radical (unpaired) electrons. The van der Waals surface area contributed by atoms with E-state index in [9.17, 15) is 4.79 Å². The molecular weight excluding hydrogens is 250 g/mol. The van der Waals surface area contributed by atoms with Crippen LogP contribution in [0.3, 0.4) is 0 Å². The minimum absolute atomic E-state index is 0.0202. The molecule has 1 saturated carbocycles.